The molecule has 0 aliphatic rings. The molecule has 0 fully saturated rings. The van der Waals surface area contributed by atoms with E-state index in [1.54, 1.807) is 4.68 Å². The van der Waals surface area contributed by atoms with Gasteiger partial charge in [0, 0.05) is 5.69 Å². The molecule has 5 heteroatoms. The molecule has 1 heterocycles. The van der Waals surface area contributed by atoms with Gasteiger partial charge in [-0.3, -0.25) is 0 Å². The minimum atomic E-state index is 0.749. The van der Waals surface area contributed by atoms with Crippen molar-refractivity contribution in [3.05, 3.63) is 29.6 Å². The van der Waals surface area contributed by atoms with Gasteiger partial charge < -0.3 is 5.73 Å². The standard InChI is InChI=1S/C10H13N5/c1-3-8-4-5-9(6-10(8)11)15-7(2)12-13-14-15/h4-6H,3,11H2,1-2H3. The highest BCUT2D eigenvalue weighted by atomic mass is 15.5. The first-order valence-corrected chi connectivity index (χ1v) is 4.86. The second kappa shape index (κ2) is 3.68. The maximum atomic E-state index is 5.91. The van der Waals surface area contributed by atoms with Crippen molar-refractivity contribution in [2.45, 2.75) is 20.3 Å². The van der Waals surface area contributed by atoms with Crippen LogP contribution in [0.1, 0.15) is 18.3 Å². The molecular weight excluding hydrogens is 190 g/mol. The molecule has 0 aliphatic carbocycles. The summed E-state index contributed by atoms with van der Waals surface area (Å²) < 4.78 is 1.66. The zero-order valence-electron chi connectivity index (χ0n) is 8.81. The van der Waals surface area contributed by atoms with E-state index in [0.29, 0.717) is 0 Å². The molecule has 2 aromatic rings. The molecule has 0 spiro atoms. The van der Waals surface area contributed by atoms with Gasteiger partial charge in [0.15, 0.2) is 5.82 Å². The Balaban J connectivity index is 2.47. The van der Waals surface area contributed by atoms with Gasteiger partial charge in [-0.1, -0.05) is 13.0 Å². The minimum absolute atomic E-state index is 0.749. The zero-order chi connectivity index (χ0) is 10.8. The van der Waals surface area contributed by atoms with Crippen molar-refractivity contribution in [1.29, 1.82) is 0 Å². The van der Waals surface area contributed by atoms with E-state index in [1.165, 1.54) is 0 Å². The molecular formula is C10H13N5. The van der Waals surface area contributed by atoms with Crippen molar-refractivity contribution in [1.82, 2.24) is 20.2 Å². The maximum Gasteiger partial charge on any atom is 0.153 e. The van der Waals surface area contributed by atoms with Gasteiger partial charge in [0.1, 0.15) is 0 Å². The van der Waals surface area contributed by atoms with Crippen LogP contribution >= 0.6 is 0 Å². The van der Waals surface area contributed by atoms with E-state index >= 15 is 0 Å². The molecule has 0 atom stereocenters. The normalized spacial score (nSPS) is 10.5. The van der Waals surface area contributed by atoms with Gasteiger partial charge in [0.25, 0.3) is 0 Å². The summed E-state index contributed by atoms with van der Waals surface area (Å²) in [4.78, 5) is 0. The average molecular weight is 203 g/mol. The number of benzene rings is 1. The van der Waals surface area contributed by atoms with E-state index in [9.17, 15) is 0 Å². The van der Waals surface area contributed by atoms with Crippen LogP contribution in [0.15, 0.2) is 18.2 Å². The van der Waals surface area contributed by atoms with Crippen LogP contribution in [0.2, 0.25) is 0 Å². The maximum absolute atomic E-state index is 5.91. The average Bonchev–Trinajstić information content (AvgIpc) is 2.64. The van der Waals surface area contributed by atoms with Crippen LogP contribution in [0, 0.1) is 6.92 Å². The molecule has 0 aliphatic heterocycles. The van der Waals surface area contributed by atoms with E-state index in [4.69, 9.17) is 5.73 Å². The highest BCUT2D eigenvalue weighted by molar-refractivity contribution is 5.53. The molecule has 0 amide bonds. The van der Waals surface area contributed by atoms with Crippen LogP contribution in [-0.4, -0.2) is 20.2 Å². The lowest BCUT2D eigenvalue weighted by Gasteiger charge is -2.06. The number of aromatic nitrogens is 4. The minimum Gasteiger partial charge on any atom is -0.398 e. The number of aryl methyl sites for hydroxylation is 2. The van der Waals surface area contributed by atoms with Gasteiger partial charge in [0.2, 0.25) is 0 Å². The van der Waals surface area contributed by atoms with E-state index in [1.807, 2.05) is 25.1 Å². The number of tetrazole rings is 1. The van der Waals surface area contributed by atoms with Crippen molar-refractivity contribution in [2.24, 2.45) is 0 Å². The predicted molar refractivity (Wildman–Crippen MR) is 57.7 cm³/mol. The SMILES string of the molecule is CCc1ccc(-n2nnnc2C)cc1N. The highest BCUT2D eigenvalue weighted by Crippen LogP contribution is 2.17. The Bertz CT molecular complexity index is 474. The first-order chi connectivity index (χ1) is 7.22. The Morgan fingerprint density at radius 2 is 2.20 bits per heavy atom. The van der Waals surface area contributed by atoms with Crippen molar-refractivity contribution in [3.8, 4) is 5.69 Å². The number of nitrogen functional groups attached to an aromatic ring is 1. The monoisotopic (exact) mass is 203 g/mol. The third-order valence-corrected chi connectivity index (χ3v) is 2.38. The van der Waals surface area contributed by atoms with E-state index in [-0.39, 0.29) is 0 Å². The third kappa shape index (κ3) is 1.68. The number of nitrogens with zero attached hydrogens (tertiary/aromatic N) is 4. The van der Waals surface area contributed by atoms with Gasteiger partial charge >= 0.3 is 0 Å². The Morgan fingerprint density at radius 1 is 1.40 bits per heavy atom. The summed E-state index contributed by atoms with van der Waals surface area (Å²) in [5, 5.41) is 11.3. The van der Waals surface area contributed by atoms with Crippen LogP contribution in [-0.2, 0) is 6.42 Å². The topological polar surface area (TPSA) is 69.6 Å². The zero-order valence-corrected chi connectivity index (χ0v) is 8.81. The third-order valence-electron chi connectivity index (χ3n) is 2.38. The summed E-state index contributed by atoms with van der Waals surface area (Å²) in [7, 11) is 0. The molecule has 2 rings (SSSR count). The Hall–Kier alpha value is -1.91. The summed E-state index contributed by atoms with van der Waals surface area (Å²) in [6, 6.07) is 5.87. The highest BCUT2D eigenvalue weighted by Gasteiger charge is 2.05. The van der Waals surface area contributed by atoms with E-state index < -0.39 is 0 Å². The van der Waals surface area contributed by atoms with Crippen molar-refractivity contribution in [2.75, 3.05) is 5.73 Å². The molecule has 0 unspecified atom stereocenters. The molecule has 0 saturated heterocycles. The fourth-order valence-corrected chi connectivity index (χ4v) is 1.51. The molecule has 1 aromatic carbocycles. The lowest BCUT2D eigenvalue weighted by Crippen LogP contribution is -2.02. The molecule has 0 bridgehead atoms. The van der Waals surface area contributed by atoms with Crippen molar-refractivity contribution >= 4 is 5.69 Å². The predicted octanol–water partition coefficient (Wildman–Crippen LogP) is 1.12. The smallest absolute Gasteiger partial charge is 0.153 e. The Morgan fingerprint density at radius 3 is 2.73 bits per heavy atom. The van der Waals surface area contributed by atoms with Crippen molar-refractivity contribution < 1.29 is 0 Å². The fraction of sp³-hybridized carbons (Fsp3) is 0.300. The number of rotatable bonds is 2. The quantitative estimate of drug-likeness (QED) is 0.742. The largest absolute Gasteiger partial charge is 0.398 e. The first-order valence-electron chi connectivity index (χ1n) is 4.86. The lowest BCUT2D eigenvalue weighted by molar-refractivity contribution is 0.779. The van der Waals surface area contributed by atoms with Crippen LogP contribution in [0.3, 0.4) is 0 Å². The van der Waals surface area contributed by atoms with Gasteiger partial charge in [-0.05, 0) is 41.5 Å². The van der Waals surface area contributed by atoms with E-state index in [0.717, 1.165) is 29.2 Å². The van der Waals surface area contributed by atoms with Gasteiger partial charge in [-0.2, -0.15) is 4.68 Å². The van der Waals surface area contributed by atoms with Gasteiger partial charge in [0.05, 0.1) is 5.69 Å². The Labute approximate surface area is 87.9 Å². The molecule has 15 heavy (non-hydrogen) atoms. The van der Waals surface area contributed by atoms with Crippen LogP contribution in [0.4, 0.5) is 5.69 Å². The van der Waals surface area contributed by atoms with Crippen molar-refractivity contribution in [3.63, 3.8) is 0 Å². The van der Waals surface area contributed by atoms with Crippen LogP contribution < -0.4 is 5.73 Å². The number of anilines is 1. The molecule has 1 aromatic heterocycles. The van der Waals surface area contributed by atoms with Crippen LogP contribution in [0.5, 0.6) is 0 Å². The summed E-state index contributed by atoms with van der Waals surface area (Å²) in [5.41, 5.74) is 8.73. The first kappa shape index (κ1) is 9.64. The Kier molecular flexibility index (Phi) is 2.37. The molecule has 5 nitrogen and oxygen atoms in total. The second-order valence-electron chi connectivity index (χ2n) is 3.37. The summed E-state index contributed by atoms with van der Waals surface area (Å²) >= 11 is 0. The van der Waals surface area contributed by atoms with E-state index in [2.05, 4.69) is 22.4 Å². The fourth-order valence-electron chi connectivity index (χ4n) is 1.51. The van der Waals surface area contributed by atoms with Gasteiger partial charge in [-0.25, -0.2) is 0 Å². The number of nitrogens with two attached hydrogens (primary N) is 1. The summed E-state index contributed by atoms with van der Waals surface area (Å²) in [5.74, 6) is 0.749. The summed E-state index contributed by atoms with van der Waals surface area (Å²) in [6.45, 7) is 3.93. The summed E-state index contributed by atoms with van der Waals surface area (Å²) in [6.07, 6.45) is 0.931. The molecule has 0 radical (unpaired) electrons. The lowest BCUT2D eigenvalue weighted by atomic mass is 10.1. The molecule has 0 saturated carbocycles. The number of hydrogen-bond acceptors (Lipinski definition) is 4. The second-order valence-corrected chi connectivity index (χ2v) is 3.37. The van der Waals surface area contributed by atoms with Gasteiger partial charge in [-0.15, -0.1) is 5.10 Å². The molecule has 2 N–H and O–H groups in total. The van der Waals surface area contributed by atoms with Crippen LogP contribution in [0.25, 0.3) is 5.69 Å². The molecule has 78 valence electrons. The number of hydrogen-bond donors (Lipinski definition) is 1.